The smallest absolute Gasteiger partial charge is 0.259 e. The van der Waals surface area contributed by atoms with E-state index >= 15 is 0 Å². The lowest BCUT2D eigenvalue weighted by atomic mass is 10.1. The highest BCUT2D eigenvalue weighted by Gasteiger charge is 2.18. The number of anilines is 2. The van der Waals surface area contributed by atoms with Gasteiger partial charge in [-0.15, -0.1) is 0 Å². The van der Waals surface area contributed by atoms with Crippen LogP contribution in [0.5, 0.6) is 0 Å². The summed E-state index contributed by atoms with van der Waals surface area (Å²) in [6.45, 7) is 6.79. The van der Waals surface area contributed by atoms with Crippen LogP contribution in [-0.2, 0) is 0 Å². The second kappa shape index (κ2) is 8.15. The number of carbonyl (C=O) groups excluding carboxylic acids is 1. The fraction of sp³-hybridized carbons (Fsp3) is 0.429. The molecule has 2 aromatic rings. The Morgan fingerprint density at radius 2 is 1.88 bits per heavy atom. The fourth-order valence-electron chi connectivity index (χ4n) is 3.44. The van der Waals surface area contributed by atoms with Gasteiger partial charge in [-0.3, -0.25) is 9.78 Å². The van der Waals surface area contributed by atoms with E-state index in [1.54, 1.807) is 6.20 Å². The highest BCUT2D eigenvalue weighted by Crippen LogP contribution is 2.22. The number of hydrogen-bond acceptors (Lipinski definition) is 3. The van der Waals surface area contributed by atoms with Gasteiger partial charge in [-0.25, -0.2) is 0 Å². The molecule has 1 amide bonds. The highest BCUT2D eigenvalue weighted by molar-refractivity contribution is 6.06. The van der Waals surface area contributed by atoms with Gasteiger partial charge in [0, 0.05) is 31.5 Å². The number of amides is 1. The molecule has 4 nitrogen and oxygen atoms in total. The molecule has 1 fully saturated rings. The van der Waals surface area contributed by atoms with Crippen molar-refractivity contribution in [1.29, 1.82) is 0 Å². The van der Waals surface area contributed by atoms with Crippen molar-refractivity contribution in [2.24, 2.45) is 0 Å². The fourth-order valence-corrected chi connectivity index (χ4v) is 3.44. The summed E-state index contributed by atoms with van der Waals surface area (Å²) in [7, 11) is 0. The Morgan fingerprint density at radius 1 is 1.12 bits per heavy atom. The third kappa shape index (κ3) is 4.19. The molecule has 1 aromatic heterocycles. The zero-order chi connectivity index (χ0) is 17.6. The largest absolute Gasteiger partial charge is 0.370 e. The van der Waals surface area contributed by atoms with E-state index in [2.05, 4.69) is 9.88 Å². The van der Waals surface area contributed by atoms with E-state index in [1.807, 2.05) is 55.3 Å². The molecule has 0 atom stereocenters. The Bertz CT molecular complexity index is 721. The van der Waals surface area contributed by atoms with Gasteiger partial charge in [0.2, 0.25) is 0 Å². The number of benzene rings is 1. The van der Waals surface area contributed by atoms with Crippen LogP contribution in [0.25, 0.3) is 0 Å². The average Bonchev–Trinajstić information content (AvgIpc) is 2.92. The number of aryl methyl sites for hydroxylation is 1. The van der Waals surface area contributed by atoms with E-state index in [0.29, 0.717) is 12.1 Å². The van der Waals surface area contributed by atoms with Gasteiger partial charge in [0.05, 0.1) is 17.4 Å². The summed E-state index contributed by atoms with van der Waals surface area (Å²) >= 11 is 0. The Hall–Kier alpha value is -2.36. The number of rotatable bonds is 4. The van der Waals surface area contributed by atoms with Gasteiger partial charge < -0.3 is 9.80 Å². The van der Waals surface area contributed by atoms with Gasteiger partial charge >= 0.3 is 0 Å². The third-order valence-electron chi connectivity index (χ3n) is 4.82. The number of nitrogens with zero attached hydrogens (tertiary/aromatic N) is 3. The van der Waals surface area contributed by atoms with E-state index in [-0.39, 0.29) is 5.91 Å². The molecule has 132 valence electrons. The quantitative estimate of drug-likeness (QED) is 0.828. The van der Waals surface area contributed by atoms with E-state index in [0.717, 1.165) is 30.0 Å². The lowest BCUT2D eigenvalue weighted by molar-refractivity contribution is 0.0988. The van der Waals surface area contributed by atoms with Crippen molar-refractivity contribution < 1.29 is 4.79 Å². The molecule has 0 radical (unpaired) electrons. The number of carbonyl (C=O) groups is 1. The van der Waals surface area contributed by atoms with Crippen molar-refractivity contribution in [3.05, 3.63) is 53.9 Å². The Morgan fingerprint density at radius 3 is 2.56 bits per heavy atom. The topological polar surface area (TPSA) is 36.4 Å². The first-order chi connectivity index (χ1) is 12.2. The predicted octanol–water partition coefficient (Wildman–Crippen LogP) is 4.44. The zero-order valence-electron chi connectivity index (χ0n) is 15.2. The number of pyridine rings is 1. The second-order valence-electron chi connectivity index (χ2n) is 6.72. The minimum atomic E-state index is 0.0114. The molecule has 1 aliphatic rings. The van der Waals surface area contributed by atoms with Gasteiger partial charge in [0.15, 0.2) is 0 Å². The minimum Gasteiger partial charge on any atom is -0.370 e. The summed E-state index contributed by atoms with van der Waals surface area (Å²) in [6, 6.07) is 10.1. The van der Waals surface area contributed by atoms with Crippen LogP contribution in [0.1, 0.15) is 48.5 Å². The molecule has 0 unspecified atom stereocenters. The van der Waals surface area contributed by atoms with Gasteiger partial charge in [-0.1, -0.05) is 25.0 Å². The molecule has 2 heterocycles. The monoisotopic (exact) mass is 337 g/mol. The lowest BCUT2D eigenvalue weighted by Gasteiger charge is -2.24. The van der Waals surface area contributed by atoms with Crippen molar-refractivity contribution >= 4 is 17.3 Å². The summed E-state index contributed by atoms with van der Waals surface area (Å²) in [5.41, 5.74) is 3.81. The molecule has 0 aliphatic carbocycles. The van der Waals surface area contributed by atoms with Crippen LogP contribution in [-0.4, -0.2) is 30.5 Å². The number of aromatic nitrogens is 1. The van der Waals surface area contributed by atoms with Crippen LogP contribution in [0.3, 0.4) is 0 Å². The van der Waals surface area contributed by atoms with Crippen LogP contribution in [0, 0.1) is 6.92 Å². The van der Waals surface area contributed by atoms with Crippen molar-refractivity contribution in [3.63, 3.8) is 0 Å². The SMILES string of the molecule is CCN(C(=O)c1cncc(N2CCCCCC2)c1)c1cccc(C)c1. The molecule has 0 spiro atoms. The van der Waals surface area contributed by atoms with Crippen LogP contribution in [0.4, 0.5) is 11.4 Å². The summed E-state index contributed by atoms with van der Waals surface area (Å²) in [5, 5.41) is 0. The summed E-state index contributed by atoms with van der Waals surface area (Å²) < 4.78 is 0. The Labute approximate surface area is 150 Å². The number of hydrogen-bond donors (Lipinski definition) is 0. The highest BCUT2D eigenvalue weighted by atomic mass is 16.2. The molecular formula is C21H27N3O. The van der Waals surface area contributed by atoms with Crippen LogP contribution < -0.4 is 9.80 Å². The van der Waals surface area contributed by atoms with E-state index in [4.69, 9.17) is 0 Å². The first-order valence-electron chi connectivity index (χ1n) is 9.27. The molecule has 0 saturated carbocycles. The summed E-state index contributed by atoms with van der Waals surface area (Å²) in [5.74, 6) is 0.0114. The molecule has 4 heteroatoms. The first-order valence-corrected chi connectivity index (χ1v) is 9.27. The molecule has 3 rings (SSSR count). The van der Waals surface area contributed by atoms with Crippen molar-refractivity contribution in [2.45, 2.75) is 39.5 Å². The zero-order valence-corrected chi connectivity index (χ0v) is 15.2. The maximum absolute atomic E-state index is 13.1. The van der Waals surface area contributed by atoms with Crippen LogP contribution in [0.15, 0.2) is 42.7 Å². The van der Waals surface area contributed by atoms with Gasteiger partial charge in [0.1, 0.15) is 0 Å². The molecule has 25 heavy (non-hydrogen) atoms. The second-order valence-corrected chi connectivity index (χ2v) is 6.72. The summed E-state index contributed by atoms with van der Waals surface area (Å²) in [6.07, 6.45) is 8.57. The molecule has 1 aromatic carbocycles. The normalized spacial score (nSPS) is 14.9. The van der Waals surface area contributed by atoms with Gasteiger partial charge in [0.25, 0.3) is 5.91 Å². The first kappa shape index (κ1) is 17.5. The van der Waals surface area contributed by atoms with E-state index < -0.39 is 0 Å². The third-order valence-corrected chi connectivity index (χ3v) is 4.82. The minimum absolute atomic E-state index is 0.0114. The van der Waals surface area contributed by atoms with Crippen molar-refractivity contribution in [3.8, 4) is 0 Å². The van der Waals surface area contributed by atoms with Gasteiger partial charge in [-0.2, -0.15) is 0 Å². The molecular weight excluding hydrogens is 310 g/mol. The molecule has 0 N–H and O–H groups in total. The van der Waals surface area contributed by atoms with Crippen LogP contribution >= 0.6 is 0 Å². The molecule has 1 aliphatic heterocycles. The summed E-state index contributed by atoms with van der Waals surface area (Å²) in [4.78, 5) is 21.6. The maximum Gasteiger partial charge on any atom is 0.259 e. The Kier molecular flexibility index (Phi) is 5.69. The maximum atomic E-state index is 13.1. The lowest BCUT2D eigenvalue weighted by Crippen LogP contribution is -2.31. The average molecular weight is 337 g/mol. The molecule has 0 bridgehead atoms. The van der Waals surface area contributed by atoms with Crippen LogP contribution in [0.2, 0.25) is 0 Å². The van der Waals surface area contributed by atoms with Gasteiger partial charge in [-0.05, 0) is 50.5 Å². The predicted molar refractivity (Wildman–Crippen MR) is 103 cm³/mol. The molecule has 1 saturated heterocycles. The van der Waals surface area contributed by atoms with E-state index in [9.17, 15) is 4.79 Å². The van der Waals surface area contributed by atoms with Crippen molar-refractivity contribution in [1.82, 2.24) is 4.98 Å². The van der Waals surface area contributed by atoms with E-state index in [1.165, 1.54) is 25.7 Å². The standard InChI is InChI=1S/C21H27N3O/c1-3-24(19-10-8-9-17(2)13-19)21(25)18-14-20(16-22-15-18)23-11-6-4-5-7-12-23/h8-10,13-16H,3-7,11-12H2,1-2H3. The van der Waals surface area contributed by atoms with Crippen molar-refractivity contribution in [2.75, 3.05) is 29.4 Å². The Balaban J connectivity index is 1.84.